The molecule has 6 heteroatoms. The summed E-state index contributed by atoms with van der Waals surface area (Å²) >= 11 is 0. The molecular weight excluding hydrogens is 408 g/mol. The van der Waals surface area contributed by atoms with E-state index in [4.69, 9.17) is 9.97 Å². The molecule has 4 heterocycles. The quantitative estimate of drug-likeness (QED) is 0.342. The number of para-hydroxylation sites is 4. The Labute approximate surface area is 186 Å². The van der Waals surface area contributed by atoms with Crippen LogP contribution in [0.4, 0.5) is 0 Å². The third-order valence-corrected chi connectivity index (χ3v) is 6.59. The van der Waals surface area contributed by atoms with E-state index < -0.39 is 0 Å². The highest BCUT2D eigenvalue weighted by Crippen LogP contribution is 2.37. The first-order valence-electron chi connectivity index (χ1n) is 10.8. The SMILES string of the molecule is N#Cc1cccc(-c2cc3c4c(c2)n2c5ccccc5nc2n4c2nc4ccccc4n32)c1. The van der Waals surface area contributed by atoms with Gasteiger partial charge in [-0.15, -0.1) is 0 Å². The Kier molecular flexibility index (Phi) is 2.88. The van der Waals surface area contributed by atoms with Crippen LogP contribution in [0.3, 0.4) is 0 Å². The maximum absolute atomic E-state index is 9.43. The van der Waals surface area contributed by atoms with Crippen molar-refractivity contribution in [3.8, 4) is 17.2 Å². The van der Waals surface area contributed by atoms with Crippen LogP contribution in [0.25, 0.3) is 61.3 Å². The minimum absolute atomic E-state index is 0.647. The summed E-state index contributed by atoms with van der Waals surface area (Å²) in [6.07, 6.45) is 0. The number of aromatic nitrogens is 5. The van der Waals surface area contributed by atoms with E-state index in [0.717, 1.165) is 61.3 Å². The highest BCUT2D eigenvalue weighted by atomic mass is 15.3. The normalized spacial score (nSPS) is 12.2. The van der Waals surface area contributed by atoms with Crippen LogP contribution >= 0.6 is 0 Å². The zero-order chi connectivity index (χ0) is 21.7. The summed E-state index contributed by atoms with van der Waals surface area (Å²) in [5, 5.41) is 9.43. The fourth-order valence-electron chi connectivity index (χ4n) is 5.20. The lowest BCUT2D eigenvalue weighted by Gasteiger charge is -2.05. The van der Waals surface area contributed by atoms with Crippen molar-refractivity contribution < 1.29 is 0 Å². The molecule has 0 N–H and O–H groups in total. The first-order valence-corrected chi connectivity index (χ1v) is 10.8. The van der Waals surface area contributed by atoms with Crippen molar-refractivity contribution in [3.05, 3.63) is 90.5 Å². The second-order valence-electron chi connectivity index (χ2n) is 8.36. The number of hydrogen-bond donors (Lipinski definition) is 0. The second-order valence-corrected chi connectivity index (χ2v) is 8.36. The smallest absolute Gasteiger partial charge is 0.223 e. The molecule has 8 rings (SSSR count). The van der Waals surface area contributed by atoms with Crippen LogP contribution in [-0.2, 0) is 0 Å². The predicted molar refractivity (Wildman–Crippen MR) is 129 cm³/mol. The Morgan fingerprint density at radius 3 is 1.79 bits per heavy atom. The summed E-state index contributed by atoms with van der Waals surface area (Å²) < 4.78 is 6.60. The number of benzene rings is 4. The summed E-state index contributed by atoms with van der Waals surface area (Å²) in [6, 6.07) is 30.8. The van der Waals surface area contributed by atoms with Crippen LogP contribution in [0.15, 0.2) is 84.9 Å². The molecule has 0 radical (unpaired) electrons. The van der Waals surface area contributed by atoms with E-state index in [9.17, 15) is 5.26 Å². The third-order valence-electron chi connectivity index (χ3n) is 6.59. The molecule has 0 saturated carbocycles. The average molecular weight is 422 g/mol. The maximum atomic E-state index is 9.43. The second kappa shape index (κ2) is 5.67. The van der Waals surface area contributed by atoms with E-state index in [1.165, 1.54) is 0 Å². The Morgan fingerprint density at radius 2 is 1.18 bits per heavy atom. The molecule has 33 heavy (non-hydrogen) atoms. The number of rotatable bonds is 1. The predicted octanol–water partition coefficient (Wildman–Crippen LogP) is 5.67. The van der Waals surface area contributed by atoms with Crippen LogP contribution in [0, 0.1) is 11.3 Å². The molecule has 6 nitrogen and oxygen atoms in total. The highest BCUT2D eigenvalue weighted by molar-refractivity contribution is 6.05. The van der Waals surface area contributed by atoms with Crippen molar-refractivity contribution in [1.82, 2.24) is 23.2 Å². The van der Waals surface area contributed by atoms with Gasteiger partial charge in [0, 0.05) is 0 Å². The molecule has 8 aromatic rings. The molecule has 0 aliphatic rings. The number of fused-ring (bicyclic) bond motifs is 10. The summed E-state index contributed by atoms with van der Waals surface area (Å²) in [4.78, 5) is 9.97. The summed E-state index contributed by atoms with van der Waals surface area (Å²) in [5.41, 5.74) is 9.98. The van der Waals surface area contributed by atoms with E-state index in [0.29, 0.717) is 5.56 Å². The van der Waals surface area contributed by atoms with E-state index >= 15 is 0 Å². The van der Waals surface area contributed by atoms with Gasteiger partial charge in [0.2, 0.25) is 11.6 Å². The molecule has 4 aromatic carbocycles. The number of nitrogens with zero attached hydrogens (tertiary/aromatic N) is 6. The van der Waals surface area contributed by atoms with Gasteiger partial charge in [-0.25, -0.2) is 14.4 Å². The lowest BCUT2D eigenvalue weighted by Crippen LogP contribution is -1.88. The van der Waals surface area contributed by atoms with Crippen LogP contribution in [0.1, 0.15) is 5.56 Å². The van der Waals surface area contributed by atoms with Crippen molar-refractivity contribution >= 4 is 50.2 Å². The minimum Gasteiger partial charge on any atom is -0.276 e. The van der Waals surface area contributed by atoms with Crippen LogP contribution in [-0.4, -0.2) is 23.2 Å². The van der Waals surface area contributed by atoms with Gasteiger partial charge >= 0.3 is 0 Å². The van der Waals surface area contributed by atoms with Gasteiger partial charge in [-0.2, -0.15) is 5.26 Å². The molecule has 0 aliphatic carbocycles. The van der Waals surface area contributed by atoms with Crippen LogP contribution in [0.5, 0.6) is 0 Å². The topological polar surface area (TPSA) is 62.8 Å². The standard InChI is InChI=1S/C27H14N6/c28-15-16-6-5-7-17(12-16)18-13-23-25-24(14-18)32-22-11-4-2-9-20(22)30-27(32)33(25)26-29-19-8-1-3-10-21(19)31(23)26/h1-14H. The molecule has 0 saturated heterocycles. The van der Waals surface area contributed by atoms with Gasteiger partial charge in [-0.05, 0) is 59.7 Å². The highest BCUT2D eigenvalue weighted by Gasteiger charge is 2.24. The van der Waals surface area contributed by atoms with Crippen molar-refractivity contribution in [2.45, 2.75) is 0 Å². The van der Waals surface area contributed by atoms with E-state index in [-0.39, 0.29) is 0 Å². The van der Waals surface area contributed by atoms with Gasteiger partial charge in [0.25, 0.3) is 0 Å². The molecule has 152 valence electrons. The summed E-state index contributed by atoms with van der Waals surface area (Å²) in [5.74, 6) is 1.70. The molecule has 0 amide bonds. The molecule has 0 spiro atoms. The monoisotopic (exact) mass is 422 g/mol. The van der Waals surface area contributed by atoms with Gasteiger partial charge < -0.3 is 0 Å². The van der Waals surface area contributed by atoms with Crippen molar-refractivity contribution in [3.63, 3.8) is 0 Å². The zero-order valence-corrected chi connectivity index (χ0v) is 17.3. The van der Waals surface area contributed by atoms with E-state index in [2.05, 4.69) is 49.6 Å². The van der Waals surface area contributed by atoms with Gasteiger partial charge in [-0.1, -0.05) is 36.4 Å². The van der Waals surface area contributed by atoms with Crippen molar-refractivity contribution in [1.29, 1.82) is 5.26 Å². The Morgan fingerprint density at radius 1 is 0.576 bits per heavy atom. The maximum Gasteiger partial charge on any atom is 0.223 e. The van der Waals surface area contributed by atoms with Crippen molar-refractivity contribution in [2.24, 2.45) is 0 Å². The number of imidazole rings is 4. The molecule has 0 bridgehead atoms. The average Bonchev–Trinajstić information content (AvgIpc) is 3.58. The molecule has 4 aromatic heterocycles. The largest absolute Gasteiger partial charge is 0.276 e. The molecule has 0 aliphatic heterocycles. The summed E-state index contributed by atoms with van der Waals surface area (Å²) in [6.45, 7) is 0. The minimum atomic E-state index is 0.647. The Bertz CT molecular complexity index is 1980. The third kappa shape index (κ3) is 1.97. The number of hydrogen-bond acceptors (Lipinski definition) is 3. The fraction of sp³-hybridized carbons (Fsp3) is 0. The van der Waals surface area contributed by atoms with Crippen LogP contribution in [0.2, 0.25) is 0 Å². The molecule has 0 fully saturated rings. The van der Waals surface area contributed by atoms with Gasteiger partial charge in [-0.3, -0.25) is 8.80 Å². The Balaban J connectivity index is 1.66. The van der Waals surface area contributed by atoms with Gasteiger partial charge in [0.15, 0.2) is 0 Å². The van der Waals surface area contributed by atoms with Gasteiger partial charge in [0.05, 0.1) is 44.7 Å². The molecular formula is C27H14N6. The first kappa shape index (κ1) is 16.8. The van der Waals surface area contributed by atoms with Crippen LogP contribution < -0.4 is 0 Å². The first-order chi connectivity index (χ1) is 16.3. The number of nitriles is 1. The van der Waals surface area contributed by atoms with Crippen molar-refractivity contribution in [2.75, 3.05) is 0 Å². The van der Waals surface area contributed by atoms with Gasteiger partial charge in [0.1, 0.15) is 5.52 Å². The molecule has 0 atom stereocenters. The lowest BCUT2D eigenvalue weighted by molar-refractivity contribution is 1.15. The zero-order valence-electron chi connectivity index (χ0n) is 17.3. The fourth-order valence-corrected chi connectivity index (χ4v) is 5.20. The Hall–Kier alpha value is -4.89. The lowest BCUT2D eigenvalue weighted by atomic mass is 10.0. The van der Waals surface area contributed by atoms with E-state index in [1.807, 2.05) is 54.6 Å². The summed E-state index contributed by atoms with van der Waals surface area (Å²) in [7, 11) is 0. The molecule has 0 unspecified atom stereocenters. The van der Waals surface area contributed by atoms with E-state index in [1.54, 1.807) is 0 Å².